The van der Waals surface area contributed by atoms with E-state index in [2.05, 4.69) is 24.4 Å². The lowest BCUT2D eigenvalue weighted by atomic mass is 10.1. The van der Waals surface area contributed by atoms with Crippen LogP contribution in [0.25, 0.3) is 11.0 Å². The normalized spacial score (nSPS) is 12.4. The fourth-order valence-corrected chi connectivity index (χ4v) is 1.60. The van der Waals surface area contributed by atoms with Crippen molar-refractivity contribution in [2.75, 3.05) is 7.05 Å². The molecule has 82 valence electrons. The number of benzene rings is 1. The van der Waals surface area contributed by atoms with E-state index in [0.29, 0.717) is 6.04 Å². The van der Waals surface area contributed by atoms with E-state index in [4.69, 9.17) is 4.42 Å². The van der Waals surface area contributed by atoms with Gasteiger partial charge in [-0.05, 0) is 44.2 Å². The van der Waals surface area contributed by atoms with Crippen molar-refractivity contribution in [2.45, 2.75) is 19.4 Å². The Morgan fingerprint density at radius 1 is 1.33 bits per heavy atom. The van der Waals surface area contributed by atoms with Gasteiger partial charge in [0.05, 0.1) is 6.26 Å². The number of hydrogen-bond acceptors (Lipinski definition) is 2. The van der Waals surface area contributed by atoms with Crippen LogP contribution in [0.15, 0.2) is 34.9 Å². The third kappa shape index (κ3) is 2.74. The molecule has 0 saturated heterocycles. The maximum Gasteiger partial charge on any atom is 0.133 e. The van der Waals surface area contributed by atoms with Gasteiger partial charge >= 0.3 is 0 Å². The van der Waals surface area contributed by atoms with E-state index in [0.717, 1.165) is 12.0 Å². The van der Waals surface area contributed by atoms with Crippen molar-refractivity contribution in [3.8, 4) is 0 Å². The SMILES string of the molecule is CN[C@@H](C)Cc1ccc2occc2c1.Cl. The molecule has 1 N–H and O–H groups in total. The van der Waals surface area contributed by atoms with E-state index < -0.39 is 0 Å². The van der Waals surface area contributed by atoms with E-state index >= 15 is 0 Å². The molecule has 0 amide bonds. The second-order valence-corrected chi connectivity index (χ2v) is 3.69. The maximum absolute atomic E-state index is 5.29. The summed E-state index contributed by atoms with van der Waals surface area (Å²) < 4.78 is 5.29. The lowest BCUT2D eigenvalue weighted by molar-refractivity contribution is 0.606. The average molecular weight is 226 g/mol. The molecule has 0 aliphatic rings. The zero-order valence-corrected chi connectivity index (χ0v) is 9.80. The highest BCUT2D eigenvalue weighted by molar-refractivity contribution is 5.85. The van der Waals surface area contributed by atoms with Crippen molar-refractivity contribution in [3.05, 3.63) is 36.1 Å². The van der Waals surface area contributed by atoms with Crippen molar-refractivity contribution in [1.82, 2.24) is 5.32 Å². The second-order valence-electron chi connectivity index (χ2n) is 3.69. The summed E-state index contributed by atoms with van der Waals surface area (Å²) in [6.45, 7) is 2.18. The fraction of sp³-hybridized carbons (Fsp3) is 0.333. The first-order valence-electron chi connectivity index (χ1n) is 4.93. The van der Waals surface area contributed by atoms with Gasteiger partial charge in [0.15, 0.2) is 0 Å². The summed E-state index contributed by atoms with van der Waals surface area (Å²) in [5, 5.41) is 4.42. The lowest BCUT2D eigenvalue weighted by Gasteiger charge is -2.09. The third-order valence-electron chi connectivity index (χ3n) is 2.55. The number of rotatable bonds is 3. The summed E-state index contributed by atoms with van der Waals surface area (Å²) in [5.74, 6) is 0. The predicted octanol–water partition coefficient (Wildman–Crippen LogP) is 3.01. The van der Waals surface area contributed by atoms with Gasteiger partial charge in [-0.1, -0.05) is 6.07 Å². The van der Waals surface area contributed by atoms with E-state index in [1.165, 1.54) is 10.9 Å². The molecule has 0 unspecified atom stereocenters. The standard InChI is InChI=1S/C12H15NO.ClH/c1-9(13-2)7-10-3-4-12-11(8-10)5-6-14-12;/h3-6,8-9,13H,7H2,1-2H3;1H/t9-;/m0./s1. The molecule has 0 aliphatic carbocycles. The minimum atomic E-state index is 0. The van der Waals surface area contributed by atoms with Gasteiger partial charge in [0.1, 0.15) is 5.58 Å². The highest BCUT2D eigenvalue weighted by atomic mass is 35.5. The smallest absolute Gasteiger partial charge is 0.133 e. The van der Waals surface area contributed by atoms with Crippen LogP contribution in [-0.4, -0.2) is 13.1 Å². The Bertz CT molecular complexity index is 424. The van der Waals surface area contributed by atoms with Crippen LogP contribution >= 0.6 is 12.4 Å². The molecule has 1 heterocycles. The Hall–Kier alpha value is -0.990. The van der Waals surface area contributed by atoms with Crippen LogP contribution in [0.5, 0.6) is 0 Å². The molecule has 1 aromatic carbocycles. The zero-order chi connectivity index (χ0) is 9.97. The second kappa shape index (κ2) is 5.19. The Kier molecular flexibility index (Phi) is 4.18. The van der Waals surface area contributed by atoms with Crippen LogP contribution in [0.2, 0.25) is 0 Å². The number of nitrogens with one attached hydrogen (secondary N) is 1. The van der Waals surface area contributed by atoms with Crippen molar-refractivity contribution in [3.63, 3.8) is 0 Å². The van der Waals surface area contributed by atoms with Crippen molar-refractivity contribution < 1.29 is 4.42 Å². The van der Waals surface area contributed by atoms with Crippen molar-refractivity contribution in [1.29, 1.82) is 0 Å². The molecule has 2 nitrogen and oxygen atoms in total. The Labute approximate surface area is 96.1 Å². The van der Waals surface area contributed by atoms with Crippen molar-refractivity contribution in [2.24, 2.45) is 0 Å². The molecule has 0 radical (unpaired) electrons. The van der Waals surface area contributed by atoms with E-state index in [1.807, 2.05) is 19.2 Å². The molecule has 0 spiro atoms. The molecular formula is C12H16ClNO. The first-order chi connectivity index (χ1) is 6.79. The largest absolute Gasteiger partial charge is 0.464 e. The average Bonchev–Trinajstić information content (AvgIpc) is 2.64. The lowest BCUT2D eigenvalue weighted by Crippen LogP contribution is -2.23. The van der Waals surface area contributed by atoms with Gasteiger partial charge in [0.2, 0.25) is 0 Å². The van der Waals surface area contributed by atoms with Gasteiger partial charge in [-0.25, -0.2) is 0 Å². The summed E-state index contributed by atoms with van der Waals surface area (Å²) in [5.41, 5.74) is 2.31. The van der Waals surface area contributed by atoms with Gasteiger partial charge < -0.3 is 9.73 Å². The minimum absolute atomic E-state index is 0. The number of halogens is 1. The fourth-order valence-electron chi connectivity index (χ4n) is 1.60. The summed E-state index contributed by atoms with van der Waals surface area (Å²) in [4.78, 5) is 0. The van der Waals surface area contributed by atoms with Gasteiger partial charge in [-0.15, -0.1) is 12.4 Å². The molecular weight excluding hydrogens is 210 g/mol. The van der Waals surface area contributed by atoms with E-state index in [-0.39, 0.29) is 12.4 Å². The molecule has 0 bridgehead atoms. The van der Waals surface area contributed by atoms with E-state index in [9.17, 15) is 0 Å². The monoisotopic (exact) mass is 225 g/mol. The number of fused-ring (bicyclic) bond motifs is 1. The van der Waals surface area contributed by atoms with Crippen LogP contribution in [0.1, 0.15) is 12.5 Å². The quantitative estimate of drug-likeness (QED) is 0.869. The summed E-state index contributed by atoms with van der Waals surface area (Å²) in [6.07, 6.45) is 2.79. The number of furan rings is 1. The zero-order valence-electron chi connectivity index (χ0n) is 8.99. The van der Waals surface area contributed by atoms with Gasteiger partial charge in [0, 0.05) is 11.4 Å². The van der Waals surface area contributed by atoms with Crippen LogP contribution < -0.4 is 5.32 Å². The first kappa shape index (κ1) is 12.1. The van der Waals surface area contributed by atoms with Crippen LogP contribution in [0.3, 0.4) is 0 Å². The molecule has 2 rings (SSSR count). The molecule has 3 heteroatoms. The molecule has 2 aromatic rings. The molecule has 0 fully saturated rings. The summed E-state index contributed by atoms with van der Waals surface area (Å²) in [6, 6.07) is 8.86. The molecule has 0 aliphatic heterocycles. The number of hydrogen-bond donors (Lipinski definition) is 1. The van der Waals surface area contributed by atoms with Gasteiger partial charge in [0.25, 0.3) is 0 Å². The Morgan fingerprint density at radius 3 is 2.87 bits per heavy atom. The molecule has 15 heavy (non-hydrogen) atoms. The topological polar surface area (TPSA) is 25.2 Å². The highest BCUT2D eigenvalue weighted by Crippen LogP contribution is 2.17. The predicted molar refractivity (Wildman–Crippen MR) is 65.7 cm³/mol. The molecule has 1 aromatic heterocycles. The Morgan fingerprint density at radius 2 is 2.13 bits per heavy atom. The van der Waals surface area contributed by atoms with E-state index in [1.54, 1.807) is 6.26 Å². The van der Waals surface area contributed by atoms with Crippen LogP contribution in [-0.2, 0) is 6.42 Å². The van der Waals surface area contributed by atoms with Gasteiger partial charge in [-0.3, -0.25) is 0 Å². The maximum atomic E-state index is 5.29. The van der Waals surface area contributed by atoms with Crippen LogP contribution in [0.4, 0.5) is 0 Å². The van der Waals surface area contributed by atoms with Crippen LogP contribution in [0, 0.1) is 0 Å². The summed E-state index contributed by atoms with van der Waals surface area (Å²) >= 11 is 0. The van der Waals surface area contributed by atoms with Gasteiger partial charge in [-0.2, -0.15) is 0 Å². The third-order valence-corrected chi connectivity index (χ3v) is 2.55. The highest BCUT2D eigenvalue weighted by Gasteiger charge is 2.02. The minimum Gasteiger partial charge on any atom is -0.464 e. The Balaban J connectivity index is 0.00000112. The van der Waals surface area contributed by atoms with Crippen molar-refractivity contribution >= 4 is 23.4 Å². The molecule has 0 saturated carbocycles. The molecule has 1 atom stereocenters. The first-order valence-corrected chi connectivity index (χ1v) is 4.93. The number of likely N-dealkylation sites (N-methyl/N-ethyl adjacent to an activating group) is 1. The summed E-state index contributed by atoms with van der Waals surface area (Å²) in [7, 11) is 1.99.